The molecule has 0 aromatic heterocycles. The maximum atomic E-state index is 13.0. The van der Waals surface area contributed by atoms with E-state index in [1.807, 2.05) is 48.5 Å². The highest BCUT2D eigenvalue weighted by atomic mass is 35.5. The number of azo groups is 2. The van der Waals surface area contributed by atoms with Gasteiger partial charge in [-0.05, 0) is 116 Å². The Morgan fingerprint density at radius 1 is 0.433 bits per heavy atom. The van der Waals surface area contributed by atoms with Crippen LogP contribution in [-0.4, -0.2) is 25.2 Å². The highest BCUT2D eigenvalue weighted by molar-refractivity contribution is 6.36. The monoisotopic (exact) mass is 850 g/mol. The molecule has 0 amide bonds. The molecule has 0 heterocycles. The SMILES string of the molecule is CCCCCCCCOc1ccc(N=Nc2ccc(C(=O)Oc3cc(OC(=O)c4ccc(N=Nc5ccc(OCCCCCCCC)cc5)cc4)c(Cl)cc3Cl)cc2)cc1. The molecule has 314 valence electrons. The van der Waals surface area contributed by atoms with Crippen molar-refractivity contribution in [3.05, 3.63) is 130 Å². The molecule has 0 saturated heterocycles. The van der Waals surface area contributed by atoms with Gasteiger partial charge in [0.05, 0.1) is 57.1 Å². The van der Waals surface area contributed by atoms with E-state index in [4.69, 9.17) is 42.1 Å². The predicted molar refractivity (Wildman–Crippen MR) is 238 cm³/mol. The van der Waals surface area contributed by atoms with Crippen molar-refractivity contribution in [1.29, 1.82) is 0 Å². The Balaban J connectivity index is 1.08. The van der Waals surface area contributed by atoms with E-state index in [1.54, 1.807) is 48.5 Å². The van der Waals surface area contributed by atoms with Crippen LogP contribution in [0.5, 0.6) is 23.0 Å². The average Bonchev–Trinajstić information content (AvgIpc) is 3.27. The summed E-state index contributed by atoms with van der Waals surface area (Å²) in [5.41, 5.74) is 2.90. The first-order chi connectivity index (χ1) is 29.3. The van der Waals surface area contributed by atoms with Crippen LogP contribution in [0.1, 0.15) is 112 Å². The lowest BCUT2D eigenvalue weighted by molar-refractivity contribution is 0.0733. The molecule has 0 saturated carbocycles. The van der Waals surface area contributed by atoms with E-state index in [1.165, 1.54) is 76.3 Å². The molecule has 0 bridgehead atoms. The van der Waals surface area contributed by atoms with Gasteiger partial charge in [-0.3, -0.25) is 0 Å². The summed E-state index contributed by atoms with van der Waals surface area (Å²) in [6, 6.07) is 30.3. The van der Waals surface area contributed by atoms with Crippen LogP contribution in [0, 0.1) is 0 Å². The highest BCUT2D eigenvalue weighted by Crippen LogP contribution is 2.37. The molecule has 0 aliphatic heterocycles. The zero-order valence-corrected chi connectivity index (χ0v) is 35.8. The van der Waals surface area contributed by atoms with Crippen LogP contribution in [0.2, 0.25) is 10.0 Å². The molecule has 0 fully saturated rings. The van der Waals surface area contributed by atoms with E-state index in [-0.39, 0.29) is 32.7 Å². The summed E-state index contributed by atoms with van der Waals surface area (Å²) in [7, 11) is 0. The van der Waals surface area contributed by atoms with Gasteiger partial charge in [-0.15, -0.1) is 0 Å². The number of esters is 2. The fourth-order valence-electron chi connectivity index (χ4n) is 5.91. The summed E-state index contributed by atoms with van der Waals surface area (Å²) >= 11 is 12.7. The first-order valence-electron chi connectivity index (χ1n) is 20.7. The maximum Gasteiger partial charge on any atom is 0.343 e. The maximum absolute atomic E-state index is 13.0. The minimum absolute atomic E-state index is 0.0369. The highest BCUT2D eigenvalue weighted by Gasteiger charge is 2.18. The summed E-state index contributed by atoms with van der Waals surface area (Å²) in [6.45, 7) is 5.82. The number of benzene rings is 5. The molecular formula is C48H52Cl2N4O6. The van der Waals surface area contributed by atoms with Crippen molar-refractivity contribution >= 4 is 57.9 Å². The van der Waals surface area contributed by atoms with E-state index in [2.05, 4.69) is 34.3 Å². The van der Waals surface area contributed by atoms with Crippen molar-refractivity contribution in [3.8, 4) is 23.0 Å². The Labute approximate surface area is 363 Å². The van der Waals surface area contributed by atoms with Crippen molar-refractivity contribution in [3.63, 3.8) is 0 Å². The van der Waals surface area contributed by atoms with Crippen LogP contribution < -0.4 is 18.9 Å². The first-order valence-corrected chi connectivity index (χ1v) is 21.5. The largest absolute Gasteiger partial charge is 0.494 e. The number of rotatable bonds is 24. The smallest absolute Gasteiger partial charge is 0.343 e. The van der Waals surface area contributed by atoms with Gasteiger partial charge in [-0.2, -0.15) is 20.5 Å². The molecule has 12 heteroatoms. The van der Waals surface area contributed by atoms with Crippen LogP contribution in [0.3, 0.4) is 0 Å². The lowest BCUT2D eigenvalue weighted by Crippen LogP contribution is -2.11. The summed E-state index contributed by atoms with van der Waals surface area (Å²) < 4.78 is 22.8. The zero-order valence-electron chi connectivity index (χ0n) is 34.3. The lowest BCUT2D eigenvalue weighted by Gasteiger charge is -2.11. The van der Waals surface area contributed by atoms with E-state index >= 15 is 0 Å². The van der Waals surface area contributed by atoms with Crippen molar-refractivity contribution in [1.82, 2.24) is 0 Å². The fourth-order valence-corrected chi connectivity index (χ4v) is 6.37. The quantitative estimate of drug-likeness (QED) is 0.0264. The van der Waals surface area contributed by atoms with Gasteiger partial charge in [0.2, 0.25) is 0 Å². The number of carbonyl (C=O) groups excluding carboxylic acids is 2. The Kier molecular flexibility index (Phi) is 19.1. The van der Waals surface area contributed by atoms with E-state index in [0.717, 1.165) is 24.3 Å². The molecule has 0 aliphatic rings. The van der Waals surface area contributed by atoms with Crippen LogP contribution in [0.25, 0.3) is 0 Å². The third kappa shape index (κ3) is 15.5. The summed E-state index contributed by atoms with van der Waals surface area (Å²) in [5.74, 6) is 0.145. The van der Waals surface area contributed by atoms with Gasteiger partial charge in [0.1, 0.15) is 11.5 Å². The number of hydrogen-bond acceptors (Lipinski definition) is 10. The number of halogens is 2. The molecule has 0 radical (unpaired) electrons. The number of hydrogen-bond donors (Lipinski definition) is 0. The second-order valence-electron chi connectivity index (χ2n) is 14.2. The van der Waals surface area contributed by atoms with E-state index in [9.17, 15) is 9.59 Å². The molecule has 5 aromatic rings. The van der Waals surface area contributed by atoms with Gasteiger partial charge in [0.15, 0.2) is 11.5 Å². The molecule has 0 N–H and O–H groups in total. The first kappa shape index (κ1) is 45.5. The van der Waals surface area contributed by atoms with E-state index < -0.39 is 11.9 Å². The molecule has 0 unspecified atom stereocenters. The Hall–Kier alpha value is -5.58. The van der Waals surface area contributed by atoms with Gasteiger partial charge >= 0.3 is 11.9 Å². The summed E-state index contributed by atoms with van der Waals surface area (Å²) in [4.78, 5) is 26.1. The molecule has 0 aliphatic carbocycles. The van der Waals surface area contributed by atoms with Crippen LogP contribution in [0.15, 0.2) is 130 Å². The van der Waals surface area contributed by atoms with Gasteiger partial charge in [-0.1, -0.05) is 101 Å². The van der Waals surface area contributed by atoms with Crippen molar-refractivity contribution in [2.24, 2.45) is 20.5 Å². The zero-order chi connectivity index (χ0) is 42.4. The number of carbonyl (C=O) groups is 2. The molecular weight excluding hydrogens is 799 g/mol. The third-order valence-electron chi connectivity index (χ3n) is 9.37. The summed E-state index contributed by atoms with van der Waals surface area (Å²) in [5, 5.41) is 17.2. The minimum Gasteiger partial charge on any atom is -0.494 e. The third-order valence-corrected chi connectivity index (χ3v) is 9.96. The molecule has 10 nitrogen and oxygen atoms in total. The van der Waals surface area contributed by atoms with Gasteiger partial charge in [-0.25, -0.2) is 9.59 Å². The molecule has 0 atom stereocenters. The van der Waals surface area contributed by atoms with Gasteiger partial charge in [0, 0.05) is 6.07 Å². The van der Waals surface area contributed by atoms with Gasteiger partial charge in [0.25, 0.3) is 0 Å². The standard InChI is InChI=1S/C48H52Cl2N4O6/c1-3-5-7-9-11-13-31-57-41-27-23-39(24-28-41)53-51-37-19-15-35(16-20-37)47(55)59-45-34-46(44(50)33-43(45)49)60-48(56)36-17-21-38(22-18-36)52-54-40-25-29-42(30-26-40)58-32-14-12-10-8-6-4-2/h15-30,33-34H,3-14,31-32H2,1-2H3. The lowest BCUT2D eigenvalue weighted by atomic mass is 10.1. The molecule has 5 rings (SSSR count). The fraction of sp³-hybridized carbons (Fsp3) is 0.333. The second kappa shape index (κ2) is 25.1. The normalized spacial score (nSPS) is 11.3. The Morgan fingerprint density at radius 3 is 1.10 bits per heavy atom. The van der Waals surface area contributed by atoms with Crippen LogP contribution >= 0.6 is 23.2 Å². The molecule has 60 heavy (non-hydrogen) atoms. The van der Waals surface area contributed by atoms with Gasteiger partial charge < -0.3 is 18.9 Å². The Morgan fingerprint density at radius 2 is 0.750 bits per heavy atom. The minimum atomic E-state index is -0.686. The second-order valence-corrected chi connectivity index (χ2v) is 15.0. The van der Waals surface area contributed by atoms with Crippen molar-refractivity contribution in [2.45, 2.75) is 90.9 Å². The molecule has 0 spiro atoms. The molecule has 5 aromatic carbocycles. The number of unbranched alkanes of at least 4 members (excludes halogenated alkanes) is 10. The van der Waals surface area contributed by atoms with Crippen molar-refractivity contribution < 1.29 is 28.5 Å². The van der Waals surface area contributed by atoms with E-state index in [0.29, 0.717) is 36.0 Å². The Bertz CT molecular complexity index is 1990. The van der Waals surface area contributed by atoms with Crippen molar-refractivity contribution in [2.75, 3.05) is 13.2 Å². The number of nitrogens with zero attached hydrogens (tertiary/aromatic N) is 4. The summed E-state index contributed by atoms with van der Waals surface area (Å²) in [6.07, 6.45) is 14.6. The topological polar surface area (TPSA) is 121 Å². The number of ether oxygens (including phenoxy) is 4. The van der Waals surface area contributed by atoms with Crippen LogP contribution in [0.4, 0.5) is 22.7 Å². The predicted octanol–water partition coefficient (Wildman–Crippen LogP) is 15.7. The van der Waals surface area contributed by atoms with Crippen LogP contribution in [-0.2, 0) is 0 Å². The average molecular weight is 852 g/mol.